The fourth-order valence-corrected chi connectivity index (χ4v) is 2.56. The number of carbonyl (C=O) groups excluding carboxylic acids is 1. The van der Waals surface area contributed by atoms with Gasteiger partial charge in [-0.25, -0.2) is 4.39 Å². The zero-order valence-electron chi connectivity index (χ0n) is 12.8. The monoisotopic (exact) mass is 322 g/mol. The maximum atomic E-state index is 12.8. The Balaban J connectivity index is 1.86. The van der Waals surface area contributed by atoms with Gasteiger partial charge in [-0.05, 0) is 38.5 Å². The Kier molecular flexibility index (Phi) is 5.07. The number of rotatable bonds is 5. The Labute approximate surface area is 133 Å². The molecule has 5 nitrogen and oxygen atoms in total. The highest BCUT2D eigenvalue weighted by Crippen LogP contribution is 2.18. The highest BCUT2D eigenvalue weighted by atomic mass is 32.1. The molecular formula is C15H19FN4OS. The molecule has 0 spiro atoms. The first-order valence-corrected chi connectivity index (χ1v) is 7.75. The quantitative estimate of drug-likeness (QED) is 0.888. The highest BCUT2D eigenvalue weighted by molar-refractivity contribution is 7.15. The van der Waals surface area contributed by atoms with Crippen LogP contribution in [0, 0.1) is 5.82 Å². The summed E-state index contributed by atoms with van der Waals surface area (Å²) < 4.78 is 12.8. The van der Waals surface area contributed by atoms with Crippen LogP contribution in [-0.2, 0) is 11.2 Å². The van der Waals surface area contributed by atoms with Crippen LogP contribution in [0.15, 0.2) is 24.3 Å². The lowest BCUT2D eigenvalue weighted by molar-refractivity contribution is -0.120. The molecule has 0 fully saturated rings. The van der Waals surface area contributed by atoms with E-state index in [0.29, 0.717) is 11.6 Å². The molecule has 0 aliphatic carbocycles. The van der Waals surface area contributed by atoms with E-state index in [1.54, 1.807) is 12.1 Å². The molecule has 0 aliphatic heterocycles. The number of halogens is 1. The molecule has 22 heavy (non-hydrogen) atoms. The third-order valence-corrected chi connectivity index (χ3v) is 3.53. The molecule has 0 radical (unpaired) electrons. The van der Waals surface area contributed by atoms with E-state index in [1.807, 2.05) is 20.8 Å². The molecule has 2 N–H and O–H groups in total. The molecule has 2 aromatic rings. The van der Waals surface area contributed by atoms with Crippen molar-refractivity contribution in [2.45, 2.75) is 32.7 Å². The second kappa shape index (κ2) is 6.83. The zero-order valence-corrected chi connectivity index (χ0v) is 13.6. The van der Waals surface area contributed by atoms with Gasteiger partial charge in [0, 0.05) is 12.0 Å². The van der Waals surface area contributed by atoms with Crippen molar-refractivity contribution in [1.82, 2.24) is 15.5 Å². The van der Waals surface area contributed by atoms with E-state index < -0.39 is 0 Å². The molecule has 1 aromatic heterocycles. The zero-order chi connectivity index (χ0) is 16.2. The summed E-state index contributed by atoms with van der Waals surface area (Å²) in [6, 6.07) is 6.29. The van der Waals surface area contributed by atoms with E-state index in [1.165, 1.54) is 23.5 Å². The van der Waals surface area contributed by atoms with Gasteiger partial charge < -0.3 is 10.6 Å². The SMILES string of the molecule is CC(C)(C)NC(=O)CNc1nnc(Cc2ccc(F)cc2)s1. The first kappa shape index (κ1) is 16.4. The molecule has 1 heterocycles. The summed E-state index contributed by atoms with van der Waals surface area (Å²) in [5.41, 5.74) is 0.711. The number of anilines is 1. The first-order valence-electron chi connectivity index (χ1n) is 6.93. The number of nitrogens with one attached hydrogen (secondary N) is 2. The molecule has 0 saturated carbocycles. The van der Waals surface area contributed by atoms with Crippen LogP contribution in [0.5, 0.6) is 0 Å². The minimum absolute atomic E-state index is 0.0946. The van der Waals surface area contributed by atoms with Gasteiger partial charge in [0.2, 0.25) is 11.0 Å². The number of amides is 1. The van der Waals surface area contributed by atoms with Crippen LogP contribution < -0.4 is 10.6 Å². The summed E-state index contributed by atoms with van der Waals surface area (Å²) in [6.07, 6.45) is 0.591. The lowest BCUT2D eigenvalue weighted by atomic mass is 10.1. The standard InChI is InChI=1S/C15H19FN4OS/c1-15(2,3)18-12(21)9-17-14-20-19-13(22-14)8-10-4-6-11(16)7-5-10/h4-7H,8-9H2,1-3H3,(H,17,20)(H,18,21). The molecule has 1 amide bonds. The normalized spacial score (nSPS) is 11.3. The van der Waals surface area contributed by atoms with Gasteiger partial charge >= 0.3 is 0 Å². The van der Waals surface area contributed by atoms with E-state index in [4.69, 9.17) is 0 Å². The van der Waals surface area contributed by atoms with Crippen molar-refractivity contribution in [3.63, 3.8) is 0 Å². The molecular weight excluding hydrogens is 303 g/mol. The van der Waals surface area contributed by atoms with Crippen LogP contribution in [0.2, 0.25) is 0 Å². The summed E-state index contributed by atoms with van der Waals surface area (Å²) in [5, 5.41) is 15.3. The predicted octanol–water partition coefficient (Wildman–Crippen LogP) is 2.59. The average molecular weight is 322 g/mol. The lowest BCUT2D eigenvalue weighted by Crippen LogP contribution is -2.43. The largest absolute Gasteiger partial charge is 0.351 e. The molecule has 0 bridgehead atoms. The minimum atomic E-state index is -0.256. The van der Waals surface area contributed by atoms with Crippen molar-refractivity contribution in [3.05, 3.63) is 40.7 Å². The topological polar surface area (TPSA) is 66.9 Å². The van der Waals surface area contributed by atoms with Crippen molar-refractivity contribution >= 4 is 22.4 Å². The van der Waals surface area contributed by atoms with Crippen LogP contribution in [-0.4, -0.2) is 28.2 Å². The Morgan fingerprint density at radius 3 is 2.55 bits per heavy atom. The molecule has 2 rings (SSSR count). The molecule has 0 atom stereocenters. The maximum absolute atomic E-state index is 12.8. The van der Waals surface area contributed by atoms with Crippen molar-refractivity contribution < 1.29 is 9.18 Å². The van der Waals surface area contributed by atoms with E-state index in [-0.39, 0.29) is 23.8 Å². The average Bonchev–Trinajstić information content (AvgIpc) is 2.85. The minimum Gasteiger partial charge on any atom is -0.351 e. The Morgan fingerprint density at radius 2 is 1.91 bits per heavy atom. The highest BCUT2D eigenvalue weighted by Gasteiger charge is 2.14. The number of carbonyl (C=O) groups is 1. The fourth-order valence-electron chi connectivity index (χ4n) is 1.79. The van der Waals surface area contributed by atoms with E-state index in [9.17, 15) is 9.18 Å². The summed E-state index contributed by atoms with van der Waals surface area (Å²) in [7, 11) is 0. The van der Waals surface area contributed by atoms with E-state index >= 15 is 0 Å². The van der Waals surface area contributed by atoms with Gasteiger partial charge in [0.1, 0.15) is 10.8 Å². The lowest BCUT2D eigenvalue weighted by Gasteiger charge is -2.20. The van der Waals surface area contributed by atoms with Crippen molar-refractivity contribution in [3.8, 4) is 0 Å². The van der Waals surface area contributed by atoms with Gasteiger partial charge in [-0.1, -0.05) is 23.5 Å². The molecule has 0 aliphatic rings. The van der Waals surface area contributed by atoms with Gasteiger partial charge in [-0.2, -0.15) is 0 Å². The summed E-state index contributed by atoms with van der Waals surface area (Å²) in [6.45, 7) is 5.94. The molecule has 118 valence electrons. The number of benzene rings is 1. The molecule has 7 heteroatoms. The van der Waals surface area contributed by atoms with Crippen LogP contribution in [0.4, 0.5) is 9.52 Å². The molecule has 0 saturated heterocycles. The van der Waals surface area contributed by atoms with Gasteiger partial charge in [0.15, 0.2) is 0 Å². The first-order chi connectivity index (χ1) is 10.3. The van der Waals surface area contributed by atoms with Gasteiger partial charge in [-0.3, -0.25) is 4.79 Å². The Hall–Kier alpha value is -2.02. The van der Waals surface area contributed by atoms with Gasteiger partial charge in [0.25, 0.3) is 0 Å². The van der Waals surface area contributed by atoms with Gasteiger partial charge in [-0.15, -0.1) is 10.2 Å². The van der Waals surface area contributed by atoms with Crippen molar-refractivity contribution in [2.24, 2.45) is 0 Å². The van der Waals surface area contributed by atoms with E-state index in [2.05, 4.69) is 20.8 Å². The number of aromatic nitrogens is 2. The Morgan fingerprint density at radius 1 is 1.23 bits per heavy atom. The Bertz CT molecular complexity index is 634. The number of nitrogens with zero attached hydrogens (tertiary/aromatic N) is 2. The third-order valence-electron chi connectivity index (χ3n) is 2.65. The van der Waals surface area contributed by atoms with Crippen LogP contribution in [0.3, 0.4) is 0 Å². The molecule has 1 aromatic carbocycles. The molecule has 0 unspecified atom stereocenters. The smallest absolute Gasteiger partial charge is 0.239 e. The maximum Gasteiger partial charge on any atom is 0.239 e. The van der Waals surface area contributed by atoms with Crippen molar-refractivity contribution in [2.75, 3.05) is 11.9 Å². The number of hydrogen-bond acceptors (Lipinski definition) is 5. The second-order valence-electron chi connectivity index (χ2n) is 5.96. The van der Waals surface area contributed by atoms with Gasteiger partial charge in [0.05, 0.1) is 6.54 Å². The fraction of sp³-hybridized carbons (Fsp3) is 0.400. The van der Waals surface area contributed by atoms with Crippen molar-refractivity contribution in [1.29, 1.82) is 0 Å². The number of hydrogen-bond donors (Lipinski definition) is 2. The predicted molar refractivity (Wildman–Crippen MR) is 85.5 cm³/mol. The van der Waals surface area contributed by atoms with Crippen LogP contribution >= 0.6 is 11.3 Å². The van der Waals surface area contributed by atoms with E-state index in [0.717, 1.165) is 10.6 Å². The summed E-state index contributed by atoms with van der Waals surface area (Å²) >= 11 is 1.38. The second-order valence-corrected chi connectivity index (χ2v) is 7.02. The summed E-state index contributed by atoms with van der Waals surface area (Å²) in [4.78, 5) is 11.7. The van der Waals surface area contributed by atoms with Crippen LogP contribution in [0.1, 0.15) is 31.3 Å². The van der Waals surface area contributed by atoms with Crippen LogP contribution in [0.25, 0.3) is 0 Å². The summed E-state index contributed by atoms with van der Waals surface area (Å²) in [5.74, 6) is -0.351. The third kappa shape index (κ3) is 5.40.